The van der Waals surface area contributed by atoms with E-state index < -0.39 is 11.5 Å². The number of rotatable bonds is 4. The fraction of sp³-hybridized carbons (Fsp3) is 0.391. The Kier molecular flexibility index (Phi) is 4.34. The van der Waals surface area contributed by atoms with Crippen LogP contribution >= 0.6 is 0 Å². The first-order valence-corrected chi connectivity index (χ1v) is 10.2. The average molecular weight is 407 g/mol. The lowest BCUT2D eigenvalue weighted by molar-refractivity contribution is -0.131. The number of imide groups is 1. The van der Waals surface area contributed by atoms with E-state index in [1.807, 2.05) is 31.2 Å². The van der Waals surface area contributed by atoms with Gasteiger partial charge in [-0.2, -0.15) is 0 Å². The lowest BCUT2D eigenvalue weighted by atomic mass is 9.81. The number of methoxy groups -OCH3 is 2. The van der Waals surface area contributed by atoms with Crippen LogP contribution in [0.2, 0.25) is 0 Å². The summed E-state index contributed by atoms with van der Waals surface area (Å²) in [5.74, 6) is 0.673. The SMILES string of the molecule is COc1ccc([C@H]2[C@@H]3C(=O)N(c4ccc(OC)cc4)C(=O)[C@@]3(C)N3CCCN23)cc1. The van der Waals surface area contributed by atoms with Gasteiger partial charge in [-0.05, 0) is 55.3 Å². The van der Waals surface area contributed by atoms with E-state index in [4.69, 9.17) is 9.47 Å². The molecule has 3 saturated heterocycles. The number of hydrazine groups is 1. The van der Waals surface area contributed by atoms with Gasteiger partial charge in [-0.1, -0.05) is 12.1 Å². The van der Waals surface area contributed by atoms with Crippen LogP contribution in [0.3, 0.4) is 0 Å². The third kappa shape index (κ3) is 2.45. The van der Waals surface area contributed by atoms with E-state index in [1.165, 1.54) is 4.90 Å². The van der Waals surface area contributed by atoms with Gasteiger partial charge < -0.3 is 9.47 Å². The van der Waals surface area contributed by atoms with Crippen molar-refractivity contribution in [3.63, 3.8) is 0 Å². The molecule has 0 bridgehead atoms. The summed E-state index contributed by atoms with van der Waals surface area (Å²) in [6.07, 6.45) is 0.971. The zero-order valence-corrected chi connectivity index (χ0v) is 17.4. The molecule has 0 N–H and O–H groups in total. The zero-order valence-electron chi connectivity index (χ0n) is 17.4. The molecule has 30 heavy (non-hydrogen) atoms. The summed E-state index contributed by atoms with van der Waals surface area (Å²) in [5.41, 5.74) is 0.716. The third-order valence-electron chi connectivity index (χ3n) is 6.76. The highest BCUT2D eigenvalue weighted by Gasteiger charge is 2.70. The van der Waals surface area contributed by atoms with Crippen molar-refractivity contribution in [3.05, 3.63) is 54.1 Å². The molecule has 0 unspecified atom stereocenters. The van der Waals surface area contributed by atoms with Crippen molar-refractivity contribution in [2.24, 2.45) is 5.92 Å². The fourth-order valence-electron chi connectivity index (χ4n) is 5.29. The number of amides is 2. The Morgan fingerprint density at radius 2 is 1.50 bits per heavy atom. The summed E-state index contributed by atoms with van der Waals surface area (Å²) in [4.78, 5) is 28.7. The van der Waals surface area contributed by atoms with E-state index in [0.29, 0.717) is 11.4 Å². The number of carbonyl (C=O) groups excluding carboxylic acids is 2. The lowest BCUT2D eigenvalue weighted by Crippen LogP contribution is -2.52. The van der Waals surface area contributed by atoms with Crippen LogP contribution in [0.5, 0.6) is 11.5 Å². The van der Waals surface area contributed by atoms with E-state index >= 15 is 0 Å². The molecule has 3 aliphatic rings. The van der Waals surface area contributed by atoms with Crippen molar-refractivity contribution in [3.8, 4) is 11.5 Å². The number of nitrogens with zero attached hydrogens (tertiary/aromatic N) is 3. The number of hydrogen-bond donors (Lipinski definition) is 0. The van der Waals surface area contributed by atoms with Crippen LogP contribution in [0.25, 0.3) is 0 Å². The summed E-state index contributed by atoms with van der Waals surface area (Å²) in [6, 6.07) is 14.7. The van der Waals surface area contributed by atoms with Crippen LogP contribution in [-0.4, -0.2) is 54.7 Å². The lowest BCUT2D eigenvalue weighted by Gasteiger charge is -2.33. The molecule has 3 atom stereocenters. The van der Waals surface area contributed by atoms with Crippen LogP contribution in [0.1, 0.15) is 24.9 Å². The van der Waals surface area contributed by atoms with Crippen molar-refractivity contribution in [2.45, 2.75) is 24.9 Å². The predicted molar refractivity (Wildman–Crippen MR) is 111 cm³/mol. The highest BCUT2D eigenvalue weighted by molar-refractivity contribution is 6.26. The summed E-state index contributed by atoms with van der Waals surface area (Å²) in [6.45, 7) is 3.53. The van der Waals surface area contributed by atoms with Gasteiger partial charge in [0.15, 0.2) is 0 Å². The van der Waals surface area contributed by atoms with Gasteiger partial charge in [-0.3, -0.25) is 9.59 Å². The van der Waals surface area contributed by atoms with Crippen LogP contribution in [0.4, 0.5) is 5.69 Å². The Balaban J connectivity index is 1.58. The molecule has 2 amide bonds. The first-order chi connectivity index (χ1) is 14.5. The molecular formula is C23H25N3O4. The van der Waals surface area contributed by atoms with E-state index in [0.717, 1.165) is 30.8 Å². The second-order valence-corrected chi connectivity index (χ2v) is 8.16. The summed E-state index contributed by atoms with van der Waals surface area (Å²) in [5, 5.41) is 4.34. The van der Waals surface area contributed by atoms with Crippen LogP contribution in [0.15, 0.2) is 48.5 Å². The molecule has 2 aromatic carbocycles. The second-order valence-electron chi connectivity index (χ2n) is 8.16. The summed E-state index contributed by atoms with van der Waals surface area (Å²) in [7, 11) is 3.23. The van der Waals surface area contributed by atoms with E-state index in [-0.39, 0.29) is 17.9 Å². The summed E-state index contributed by atoms with van der Waals surface area (Å²) >= 11 is 0. The highest BCUT2D eigenvalue weighted by Crippen LogP contribution is 2.54. The van der Waals surface area contributed by atoms with E-state index in [1.54, 1.807) is 38.5 Å². The van der Waals surface area contributed by atoms with Gasteiger partial charge in [-0.25, -0.2) is 14.9 Å². The Hall–Kier alpha value is -2.90. The van der Waals surface area contributed by atoms with E-state index in [9.17, 15) is 9.59 Å². The van der Waals surface area contributed by atoms with Crippen molar-refractivity contribution in [2.75, 3.05) is 32.2 Å². The predicted octanol–water partition coefficient (Wildman–Crippen LogP) is 2.63. The number of carbonyl (C=O) groups is 2. The molecule has 0 aliphatic carbocycles. The minimum Gasteiger partial charge on any atom is -0.497 e. The molecule has 3 fully saturated rings. The Labute approximate surface area is 175 Å². The Morgan fingerprint density at radius 3 is 2.10 bits per heavy atom. The maximum Gasteiger partial charge on any atom is 0.256 e. The molecule has 2 aromatic rings. The number of fused-ring (bicyclic) bond motifs is 3. The number of anilines is 1. The number of benzene rings is 2. The maximum absolute atomic E-state index is 13.7. The minimum atomic E-state index is -0.891. The molecule has 156 valence electrons. The molecule has 3 heterocycles. The molecule has 0 saturated carbocycles. The molecule has 7 nitrogen and oxygen atoms in total. The molecular weight excluding hydrogens is 382 g/mol. The van der Waals surface area contributed by atoms with Gasteiger partial charge in [-0.15, -0.1) is 0 Å². The molecule has 0 spiro atoms. The average Bonchev–Trinajstić information content (AvgIpc) is 3.40. The largest absolute Gasteiger partial charge is 0.497 e. The van der Waals surface area contributed by atoms with Gasteiger partial charge >= 0.3 is 0 Å². The number of hydrogen-bond acceptors (Lipinski definition) is 6. The first kappa shape index (κ1) is 19.1. The van der Waals surface area contributed by atoms with Crippen molar-refractivity contribution in [1.82, 2.24) is 10.0 Å². The molecule has 0 aromatic heterocycles. The van der Waals surface area contributed by atoms with Crippen molar-refractivity contribution in [1.29, 1.82) is 0 Å². The zero-order chi connectivity index (χ0) is 21.0. The Morgan fingerprint density at radius 1 is 0.900 bits per heavy atom. The van der Waals surface area contributed by atoms with E-state index in [2.05, 4.69) is 10.0 Å². The van der Waals surface area contributed by atoms with Crippen LogP contribution < -0.4 is 14.4 Å². The molecule has 7 heteroatoms. The van der Waals surface area contributed by atoms with Gasteiger partial charge in [0, 0.05) is 13.1 Å². The number of ether oxygens (including phenoxy) is 2. The van der Waals surface area contributed by atoms with Gasteiger partial charge in [0.1, 0.15) is 17.0 Å². The quantitative estimate of drug-likeness (QED) is 0.726. The van der Waals surface area contributed by atoms with Crippen molar-refractivity contribution < 1.29 is 19.1 Å². The van der Waals surface area contributed by atoms with Gasteiger partial charge in [0.25, 0.3) is 5.91 Å². The minimum absolute atomic E-state index is 0.150. The smallest absolute Gasteiger partial charge is 0.256 e. The summed E-state index contributed by atoms with van der Waals surface area (Å²) < 4.78 is 10.5. The first-order valence-electron chi connectivity index (χ1n) is 10.2. The topological polar surface area (TPSA) is 62.3 Å². The highest BCUT2D eigenvalue weighted by atomic mass is 16.5. The monoisotopic (exact) mass is 407 g/mol. The third-order valence-corrected chi connectivity index (χ3v) is 6.76. The molecule has 3 aliphatic heterocycles. The maximum atomic E-state index is 13.7. The fourth-order valence-corrected chi connectivity index (χ4v) is 5.29. The van der Waals surface area contributed by atoms with Crippen LogP contribution in [0, 0.1) is 5.92 Å². The standard InChI is InChI=1S/C23H25N3O4/c1-23-19(21(27)26(22(23)28)16-7-11-18(30-3)12-8-16)20(24-13-4-14-25(23)24)15-5-9-17(29-2)10-6-15/h5-12,19-20H,4,13-14H2,1-3H3/t19-,20+,23+/m1/s1. The Bertz CT molecular complexity index is 991. The second kappa shape index (κ2) is 6.82. The van der Waals surface area contributed by atoms with Gasteiger partial charge in [0.2, 0.25) is 5.91 Å². The molecule has 5 rings (SSSR count). The normalized spacial score (nSPS) is 28.7. The van der Waals surface area contributed by atoms with Gasteiger partial charge in [0.05, 0.1) is 31.9 Å². The molecule has 0 radical (unpaired) electrons. The van der Waals surface area contributed by atoms with Crippen LogP contribution in [-0.2, 0) is 9.59 Å². The van der Waals surface area contributed by atoms with Crippen molar-refractivity contribution >= 4 is 17.5 Å².